The molecule has 0 amide bonds. The maximum absolute atomic E-state index is 4.55. The molecule has 0 spiro atoms. The molecule has 2 aromatic carbocycles. The third-order valence-electron chi connectivity index (χ3n) is 3.06. The number of rotatable bonds is 3. The molecule has 3 rings (SSSR count). The van der Waals surface area contributed by atoms with Gasteiger partial charge in [0.2, 0.25) is 0 Å². The lowest BCUT2D eigenvalue weighted by Crippen LogP contribution is -1.97. The van der Waals surface area contributed by atoms with E-state index in [1.807, 2.05) is 60.9 Å². The van der Waals surface area contributed by atoms with E-state index in [4.69, 9.17) is 0 Å². The molecule has 0 saturated carbocycles. The molecule has 0 saturated heterocycles. The molecule has 3 aromatic rings. The van der Waals surface area contributed by atoms with Gasteiger partial charge in [0.1, 0.15) is 0 Å². The van der Waals surface area contributed by atoms with Gasteiger partial charge in [0.15, 0.2) is 0 Å². The van der Waals surface area contributed by atoms with E-state index in [-0.39, 0.29) is 0 Å². The lowest BCUT2D eigenvalue weighted by atomic mass is 10.3. The van der Waals surface area contributed by atoms with E-state index in [0.717, 1.165) is 26.0 Å². The van der Waals surface area contributed by atoms with Crippen molar-refractivity contribution in [2.45, 2.75) is 0 Å². The first-order chi connectivity index (χ1) is 10.2. The van der Waals surface area contributed by atoms with Gasteiger partial charge in [-0.05, 0) is 58.4 Å². The first kappa shape index (κ1) is 14.3. The molecule has 0 aliphatic carbocycles. The molecule has 1 heterocycles. The third-order valence-corrected chi connectivity index (χ3v) is 4.22. The Bertz CT molecular complexity index is 791. The summed E-state index contributed by atoms with van der Waals surface area (Å²) in [7, 11) is 0. The lowest BCUT2D eigenvalue weighted by Gasteiger charge is -2.06. The Morgan fingerprint density at radius 3 is 2.57 bits per heavy atom. The van der Waals surface area contributed by atoms with Crippen molar-refractivity contribution in [1.82, 2.24) is 4.57 Å². The highest BCUT2D eigenvalue weighted by atomic mass is 79.9. The zero-order valence-electron chi connectivity index (χ0n) is 11.1. The average molecular weight is 404 g/mol. The van der Waals surface area contributed by atoms with Gasteiger partial charge in [-0.2, -0.15) is 0 Å². The van der Waals surface area contributed by atoms with Gasteiger partial charge in [0.05, 0.1) is 17.6 Å². The van der Waals surface area contributed by atoms with E-state index in [1.54, 1.807) is 0 Å². The number of nitrogens with zero attached hydrogens (tertiary/aromatic N) is 2. The second-order valence-corrected chi connectivity index (χ2v) is 6.26. The van der Waals surface area contributed by atoms with E-state index >= 15 is 0 Å². The molecule has 0 fully saturated rings. The minimum absolute atomic E-state index is 0.916. The molecule has 0 unspecified atom stereocenters. The fourth-order valence-electron chi connectivity index (χ4n) is 2.05. The van der Waals surface area contributed by atoms with Crippen LogP contribution in [0.15, 0.2) is 80.8 Å². The minimum Gasteiger partial charge on any atom is -0.316 e. The molecule has 0 atom stereocenters. The van der Waals surface area contributed by atoms with Gasteiger partial charge >= 0.3 is 0 Å². The molecule has 21 heavy (non-hydrogen) atoms. The highest BCUT2D eigenvalue weighted by Crippen LogP contribution is 2.24. The van der Waals surface area contributed by atoms with Crippen LogP contribution in [0.5, 0.6) is 0 Å². The number of halogens is 2. The second kappa shape index (κ2) is 6.41. The maximum Gasteiger partial charge on any atom is 0.0772 e. The number of hydrogen-bond acceptors (Lipinski definition) is 1. The molecule has 104 valence electrons. The molecule has 0 radical (unpaired) electrons. The molecular weight excluding hydrogens is 392 g/mol. The van der Waals surface area contributed by atoms with Crippen molar-refractivity contribution in [2.75, 3.05) is 0 Å². The highest BCUT2D eigenvalue weighted by molar-refractivity contribution is 9.10. The Morgan fingerprint density at radius 2 is 1.76 bits per heavy atom. The summed E-state index contributed by atoms with van der Waals surface area (Å²) in [5, 5.41) is 0. The number of aliphatic imine (C=N–C) groups is 1. The summed E-state index contributed by atoms with van der Waals surface area (Å²) in [6.07, 6.45) is 3.91. The Morgan fingerprint density at radius 1 is 0.905 bits per heavy atom. The molecule has 0 bridgehead atoms. The SMILES string of the molecule is Brc1cccc(-n2cccc2C=Nc2ccccc2Br)c1. The van der Waals surface area contributed by atoms with E-state index < -0.39 is 0 Å². The highest BCUT2D eigenvalue weighted by Gasteiger charge is 2.02. The van der Waals surface area contributed by atoms with Crippen molar-refractivity contribution in [3.63, 3.8) is 0 Å². The zero-order chi connectivity index (χ0) is 14.7. The number of benzene rings is 2. The third kappa shape index (κ3) is 3.34. The predicted octanol–water partition coefficient (Wildman–Crippen LogP) is 5.75. The van der Waals surface area contributed by atoms with Crippen LogP contribution in [0.1, 0.15) is 5.69 Å². The monoisotopic (exact) mass is 402 g/mol. The largest absolute Gasteiger partial charge is 0.316 e. The van der Waals surface area contributed by atoms with Gasteiger partial charge in [-0.1, -0.05) is 34.1 Å². The fraction of sp³-hybridized carbons (Fsp3) is 0. The van der Waals surface area contributed by atoms with E-state index in [2.05, 4.69) is 53.6 Å². The van der Waals surface area contributed by atoms with Gasteiger partial charge in [-0.25, -0.2) is 0 Å². The number of aromatic nitrogens is 1. The van der Waals surface area contributed by atoms with Gasteiger partial charge in [0.25, 0.3) is 0 Å². The zero-order valence-corrected chi connectivity index (χ0v) is 14.3. The summed E-state index contributed by atoms with van der Waals surface area (Å²) < 4.78 is 4.15. The van der Waals surface area contributed by atoms with Crippen LogP contribution in [-0.4, -0.2) is 10.8 Å². The Balaban J connectivity index is 1.95. The number of para-hydroxylation sites is 1. The normalized spacial score (nSPS) is 11.1. The Kier molecular flexibility index (Phi) is 4.36. The summed E-state index contributed by atoms with van der Waals surface area (Å²) in [5.74, 6) is 0. The maximum atomic E-state index is 4.55. The summed E-state index contributed by atoms with van der Waals surface area (Å²) >= 11 is 7.01. The summed E-state index contributed by atoms with van der Waals surface area (Å²) in [4.78, 5) is 4.55. The molecule has 1 aromatic heterocycles. The fourth-order valence-corrected chi connectivity index (χ4v) is 2.83. The van der Waals surface area contributed by atoms with Crippen molar-refractivity contribution < 1.29 is 0 Å². The van der Waals surface area contributed by atoms with Gasteiger partial charge in [-0.3, -0.25) is 4.99 Å². The van der Waals surface area contributed by atoms with Crippen LogP contribution in [-0.2, 0) is 0 Å². The Hall–Kier alpha value is -1.65. The first-order valence-corrected chi connectivity index (χ1v) is 8.04. The van der Waals surface area contributed by atoms with E-state index in [1.165, 1.54) is 0 Å². The average Bonchev–Trinajstić information content (AvgIpc) is 2.95. The van der Waals surface area contributed by atoms with Crippen molar-refractivity contribution >= 4 is 43.8 Å². The van der Waals surface area contributed by atoms with Crippen molar-refractivity contribution in [1.29, 1.82) is 0 Å². The van der Waals surface area contributed by atoms with Crippen LogP contribution in [0.3, 0.4) is 0 Å². The Labute approximate surface area is 140 Å². The molecule has 2 nitrogen and oxygen atoms in total. The molecule has 4 heteroatoms. The van der Waals surface area contributed by atoms with E-state index in [9.17, 15) is 0 Å². The topological polar surface area (TPSA) is 17.3 Å². The standard InChI is InChI=1S/C17H12Br2N2/c18-13-5-3-6-14(11-13)21-10-4-7-15(21)12-20-17-9-2-1-8-16(17)19/h1-12H. The lowest BCUT2D eigenvalue weighted by molar-refractivity contribution is 1.07. The summed E-state index contributed by atoms with van der Waals surface area (Å²) in [6.45, 7) is 0. The van der Waals surface area contributed by atoms with Gasteiger partial charge in [-0.15, -0.1) is 0 Å². The van der Waals surface area contributed by atoms with Crippen LogP contribution in [0, 0.1) is 0 Å². The molecular formula is C17H12Br2N2. The van der Waals surface area contributed by atoms with Crippen LogP contribution >= 0.6 is 31.9 Å². The molecule has 0 aliphatic heterocycles. The predicted molar refractivity (Wildman–Crippen MR) is 94.9 cm³/mol. The minimum atomic E-state index is 0.916. The number of hydrogen-bond donors (Lipinski definition) is 0. The van der Waals surface area contributed by atoms with Crippen LogP contribution in [0.4, 0.5) is 5.69 Å². The van der Waals surface area contributed by atoms with Crippen molar-refractivity contribution in [3.05, 3.63) is 81.5 Å². The summed E-state index contributed by atoms with van der Waals surface area (Å²) in [6, 6.07) is 20.2. The van der Waals surface area contributed by atoms with Gasteiger partial charge < -0.3 is 4.57 Å². The molecule has 0 N–H and O–H groups in total. The van der Waals surface area contributed by atoms with Crippen molar-refractivity contribution in [2.24, 2.45) is 4.99 Å². The second-order valence-electron chi connectivity index (χ2n) is 4.49. The smallest absolute Gasteiger partial charge is 0.0772 e. The van der Waals surface area contributed by atoms with Crippen LogP contribution in [0.2, 0.25) is 0 Å². The van der Waals surface area contributed by atoms with E-state index in [0.29, 0.717) is 0 Å². The summed E-state index contributed by atoms with van der Waals surface area (Å²) in [5.41, 5.74) is 3.05. The van der Waals surface area contributed by atoms with Crippen LogP contribution < -0.4 is 0 Å². The molecule has 0 aliphatic rings. The quantitative estimate of drug-likeness (QED) is 0.495. The first-order valence-electron chi connectivity index (χ1n) is 6.46. The van der Waals surface area contributed by atoms with Crippen LogP contribution in [0.25, 0.3) is 5.69 Å². The van der Waals surface area contributed by atoms with Crippen molar-refractivity contribution in [3.8, 4) is 5.69 Å². The van der Waals surface area contributed by atoms with Gasteiger partial charge in [0, 0.05) is 20.8 Å².